The van der Waals surface area contributed by atoms with Crippen molar-refractivity contribution in [1.82, 2.24) is 5.32 Å². The summed E-state index contributed by atoms with van der Waals surface area (Å²) in [5.74, 6) is 0.311. The third-order valence-corrected chi connectivity index (χ3v) is 4.18. The second-order valence-electron chi connectivity index (χ2n) is 5.99. The van der Waals surface area contributed by atoms with E-state index in [9.17, 15) is 4.79 Å². The molecule has 1 atom stereocenters. The molecule has 2 rings (SSSR count). The highest BCUT2D eigenvalue weighted by Gasteiger charge is 2.25. The van der Waals surface area contributed by atoms with Gasteiger partial charge in [0.15, 0.2) is 5.78 Å². The van der Waals surface area contributed by atoms with E-state index in [1.54, 1.807) is 0 Å². The number of carbonyl (C=O) groups is 1. The number of ketones is 1. The maximum Gasteiger partial charge on any atom is 0.152 e. The molecule has 0 bridgehead atoms. The van der Waals surface area contributed by atoms with Crippen LogP contribution in [0.4, 0.5) is 0 Å². The molecule has 21 heavy (non-hydrogen) atoms. The Balaban J connectivity index is 2.04. The lowest BCUT2D eigenvalue weighted by atomic mass is 9.94. The lowest BCUT2D eigenvalue weighted by Gasteiger charge is -2.29. The Kier molecular flexibility index (Phi) is 6.22. The number of nitrogens with one attached hydrogen (secondary N) is 1. The summed E-state index contributed by atoms with van der Waals surface area (Å²) in [7, 11) is 0. The molecule has 4 heteroatoms. The average Bonchev–Trinajstić information content (AvgIpc) is 2.49. The van der Waals surface area contributed by atoms with Crippen molar-refractivity contribution in [3.8, 4) is 0 Å². The minimum absolute atomic E-state index is 0.0367. The Hall–Kier alpha value is -0.900. The Bertz CT molecular complexity index is 452. The zero-order valence-electron chi connectivity index (χ0n) is 12.8. The number of Topliss-reactive ketones (excluding diaryl/α,β-unsaturated/α-hetero) is 1. The summed E-state index contributed by atoms with van der Waals surface area (Å²) in [6.45, 7) is 5.48. The first-order chi connectivity index (χ1) is 10.1. The van der Waals surface area contributed by atoms with Crippen molar-refractivity contribution in [2.75, 3.05) is 13.2 Å². The number of ether oxygens (including phenoxy) is 1. The highest BCUT2D eigenvalue weighted by Crippen LogP contribution is 2.15. The molecular weight excluding hydrogens is 286 g/mol. The summed E-state index contributed by atoms with van der Waals surface area (Å²) in [4.78, 5) is 12.5. The third kappa shape index (κ3) is 5.10. The van der Waals surface area contributed by atoms with Gasteiger partial charge in [0.05, 0.1) is 6.04 Å². The minimum atomic E-state index is -0.130. The van der Waals surface area contributed by atoms with E-state index in [0.29, 0.717) is 12.5 Å². The first-order valence-electron chi connectivity index (χ1n) is 7.68. The van der Waals surface area contributed by atoms with Crippen LogP contribution in [0.3, 0.4) is 0 Å². The summed E-state index contributed by atoms with van der Waals surface area (Å²) in [5, 5.41) is 4.26. The monoisotopic (exact) mass is 309 g/mol. The number of hydrogen-bond acceptors (Lipinski definition) is 3. The molecule has 0 radical (unpaired) electrons. The van der Waals surface area contributed by atoms with Crippen LogP contribution in [0.25, 0.3) is 0 Å². The molecular formula is C17H24ClNO2. The van der Waals surface area contributed by atoms with Crippen LogP contribution in [0.2, 0.25) is 5.02 Å². The highest BCUT2D eigenvalue weighted by atomic mass is 35.5. The summed E-state index contributed by atoms with van der Waals surface area (Å²) in [6.07, 6.45) is 2.66. The van der Waals surface area contributed by atoms with Gasteiger partial charge in [-0.25, -0.2) is 0 Å². The van der Waals surface area contributed by atoms with Crippen LogP contribution in [0.5, 0.6) is 0 Å². The van der Waals surface area contributed by atoms with Gasteiger partial charge in [0.25, 0.3) is 0 Å². The molecule has 1 N–H and O–H groups in total. The van der Waals surface area contributed by atoms with Crippen LogP contribution in [0.15, 0.2) is 24.3 Å². The van der Waals surface area contributed by atoms with E-state index >= 15 is 0 Å². The first-order valence-corrected chi connectivity index (χ1v) is 8.06. The molecule has 0 aromatic heterocycles. The van der Waals surface area contributed by atoms with Crippen molar-refractivity contribution in [2.45, 2.75) is 45.2 Å². The predicted octanol–water partition coefficient (Wildman–Crippen LogP) is 3.24. The molecule has 1 aromatic rings. The number of benzene rings is 1. The van der Waals surface area contributed by atoms with Crippen LogP contribution in [0, 0.1) is 5.92 Å². The molecule has 116 valence electrons. The summed E-state index contributed by atoms with van der Waals surface area (Å²) in [5.41, 5.74) is 1.14. The molecule has 0 aliphatic carbocycles. The number of rotatable bonds is 6. The number of halogens is 1. The zero-order chi connectivity index (χ0) is 15.2. The van der Waals surface area contributed by atoms with Crippen molar-refractivity contribution in [1.29, 1.82) is 0 Å². The number of hydrogen-bond donors (Lipinski definition) is 1. The number of carbonyl (C=O) groups excluding carboxylic acids is 1. The van der Waals surface area contributed by atoms with Crippen molar-refractivity contribution in [3.05, 3.63) is 34.9 Å². The molecule has 1 aliphatic rings. The third-order valence-electron chi connectivity index (χ3n) is 3.92. The zero-order valence-corrected chi connectivity index (χ0v) is 13.5. The van der Waals surface area contributed by atoms with Crippen molar-refractivity contribution in [3.63, 3.8) is 0 Å². The second kappa shape index (κ2) is 7.92. The van der Waals surface area contributed by atoms with Crippen LogP contribution >= 0.6 is 11.6 Å². The molecule has 1 aromatic carbocycles. The van der Waals surface area contributed by atoms with Gasteiger partial charge < -0.3 is 10.1 Å². The average molecular weight is 310 g/mol. The topological polar surface area (TPSA) is 38.3 Å². The fraction of sp³-hybridized carbons (Fsp3) is 0.588. The van der Waals surface area contributed by atoms with Crippen LogP contribution in [-0.4, -0.2) is 31.1 Å². The van der Waals surface area contributed by atoms with Crippen molar-refractivity contribution in [2.24, 2.45) is 5.92 Å². The molecule has 0 unspecified atom stereocenters. The van der Waals surface area contributed by atoms with Gasteiger partial charge in [0, 0.05) is 30.2 Å². The smallest absolute Gasteiger partial charge is 0.152 e. The van der Waals surface area contributed by atoms with Gasteiger partial charge >= 0.3 is 0 Å². The van der Waals surface area contributed by atoms with Crippen molar-refractivity contribution >= 4 is 17.4 Å². The highest BCUT2D eigenvalue weighted by molar-refractivity contribution is 6.30. The van der Waals surface area contributed by atoms with Crippen molar-refractivity contribution < 1.29 is 9.53 Å². The first kappa shape index (κ1) is 16.5. The Morgan fingerprint density at radius 3 is 2.48 bits per heavy atom. The van der Waals surface area contributed by atoms with E-state index in [1.165, 1.54) is 0 Å². The summed E-state index contributed by atoms with van der Waals surface area (Å²) in [6, 6.07) is 7.99. The second-order valence-corrected chi connectivity index (χ2v) is 6.43. The van der Waals surface area contributed by atoms with E-state index in [4.69, 9.17) is 16.3 Å². The van der Waals surface area contributed by atoms with Crippen LogP contribution in [0.1, 0.15) is 32.3 Å². The van der Waals surface area contributed by atoms with E-state index in [1.807, 2.05) is 38.1 Å². The molecule has 0 amide bonds. The van der Waals surface area contributed by atoms with Gasteiger partial charge in [-0.05, 0) is 37.0 Å². The quantitative estimate of drug-likeness (QED) is 0.876. The molecule has 0 spiro atoms. The molecule has 1 saturated heterocycles. The van der Waals surface area contributed by atoms with Gasteiger partial charge in [0.2, 0.25) is 0 Å². The Labute approximate surface area is 132 Å². The fourth-order valence-corrected chi connectivity index (χ4v) is 2.77. The summed E-state index contributed by atoms with van der Waals surface area (Å²) >= 11 is 5.92. The molecule has 0 saturated carbocycles. The van der Waals surface area contributed by atoms with Crippen LogP contribution < -0.4 is 5.32 Å². The Morgan fingerprint density at radius 1 is 1.29 bits per heavy atom. The maximum atomic E-state index is 12.5. The van der Waals surface area contributed by atoms with Gasteiger partial charge in [-0.1, -0.05) is 37.6 Å². The van der Waals surface area contributed by atoms with E-state index in [0.717, 1.165) is 36.6 Å². The lowest BCUT2D eigenvalue weighted by Crippen LogP contribution is -2.48. The molecule has 3 nitrogen and oxygen atoms in total. The van der Waals surface area contributed by atoms with E-state index in [-0.39, 0.29) is 17.7 Å². The van der Waals surface area contributed by atoms with Crippen LogP contribution in [-0.2, 0) is 16.0 Å². The standard InChI is InChI=1S/C17H24ClNO2/c1-12(2)17(20)16(19-15-7-9-21-10-8-15)11-13-3-5-14(18)6-4-13/h3-6,12,15-16,19H,7-11H2,1-2H3/t16-/m1/s1. The molecule has 1 heterocycles. The fourth-order valence-electron chi connectivity index (χ4n) is 2.65. The van der Waals surface area contributed by atoms with E-state index < -0.39 is 0 Å². The maximum absolute atomic E-state index is 12.5. The lowest BCUT2D eigenvalue weighted by molar-refractivity contribution is -0.124. The predicted molar refractivity (Wildman–Crippen MR) is 85.8 cm³/mol. The SMILES string of the molecule is CC(C)C(=O)[C@@H](Cc1ccc(Cl)cc1)NC1CCOCC1. The van der Waals surface area contributed by atoms with Gasteiger partial charge in [-0.2, -0.15) is 0 Å². The van der Waals surface area contributed by atoms with Gasteiger partial charge in [-0.3, -0.25) is 4.79 Å². The molecule has 1 aliphatic heterocycles. The largest absolute Gasteiger partial charge is 0.381 e. The summed E-state index contributed by atoms with van der Waals surface area (Å²) < 4.78 is 5.38. The normalized spacial score (nSPS) is 17.9. The van der Waals surface area contributed by atoms with Gasteiger partial charge in [0.1, 0.15) is 0 Å². The van der Waals surface area contributed by atoms with Gasteiger partial charge in [-0.15, -0.1) is 0 Å². The minimum Gasteiger partial charge on any atom is -0.381 e. The molecule has 1 fully saturated rings. The Morgan fingerprint density at radius 2 is 1.90 bits per heavy atom. The van der Waals surface area contributed by atoms with E-state index in [2.05, 4.69) is 5.32 Å².